The van der Waals surface area contributed by atoms with Crippen LogP contribution in [0, 0.1) is 11.5 Å². The van der Waals surface area contributed by atoms with Crippen molar-refractivity contribution in [2.75, 3.05) is 0 Å². The monoisotopic (exact) mass is 233 g/mol. The summed E-state index contributed by atoms with van der Waals surface area (Å²) in [4.78, 5) is 0. The maximum Gasteiger partial charge on any atom is 0.573 e. The quantitative estimate of drug-likeness (QED) is 0.734. The maximum absolute atomic E-state index is 11.7. The summed E-state index contributed by atoms with van der Waals surface area (Å²) in [5.74, 6) is -0.204. The number of rotatable bonds is 2. The summed E-state index contributed by atoms with van der Waals surface area (Å²) in [6.45, 7) is 4.00. The molecule has 0 amide bonds. The zero-order valence-electron chi connectivity index (χ0n) is 8.71. The first-order valence-corrected chi connectivity index (χ1v) is 4.43. The van der Waals surface area contributed by atoms with Gasteiger partial charge in [-0.2, -0.15) is 0 Å². The van der Waals surface area contributed by atoms with Gasteiger partial charge in [-0.1, -0.05) is 13.8 Å². The van der Waals surface area contributed by atoms with E-state index in [1.54, 1.807) is 0 Å². The molecule has 88 valence electrons. The van der Waals surface area contributed by atoms with Gasteiger partial charge in [-0.15, -0.1) is 18.4 Å². The number of hydrogen-bond acceptors (Lipinski definition) is 3. The van der Waals surface area contributed by atoms with Crippen molar-refractivity contribution in [3.63, 3.8) is 0 Å². The van der Waals surface area contributed by atoms with E-state index in [1.807, 2.05) is 13.8 Å². The fourth-order valence-corrected chi connectivity index (χ4v) is 0.762. The van der Waals surface area contributed by atoms with Crippen LogP contribution in [0.15, 0.2) is 24.3 Å². The predicted molar refractivity (Wildman–Crippen MR) is 50.7 cm³/mol. The van der Waals surface area contributed by atoms with Crippen LogP contribution in [-0.4, -0.2) is 6.36 Å². The third-order valence-electron chi connectivity index (χ3n) is 1.22. The zero-order chi connectivity index (χ0) is 12.6. The Bertz CT molecular complexity index is 341. The topological polar surface area (TPSA) is 42.2 Å². The highest BCUT2D eigenvalue weighted by Gasteiger charge is 2.30. The fraction of sp³-hybridized carbons (Fsp3) is 0.300. The molecular formula is C10H10F3NO2. The Labute approximate surface area is 91.0 Å². The lowest BCUT2D eigenvalue weighted by Crippen LogP contribution is -2.16. The Balaban J connectivity index is 0.00000106. The van der Waals surface area contributed by atoms with Gasteiger partial charge in [-0.3, -0.25) is 0 Å². The van der Waals surface area contributed by atoms with E-state index in [0.717, 1.165) is 12.1 Å². The highest BCUT2D eigenvalue weighted by atomic mass is 19.4. The lowest BCUT2D eigenvalue weighted by atomic mass is 10.3. The van der Waals surface area contributed by atoms with Gasteiger partial charge >= 0.3 is 6.36 Å². The lowest BCUT2D eigenvalue weighted by Gasteiger charge is -2.08. The summed E-state index contributed by atoms with van der Waals surface area (Å²) < 4.78 is 43.0. The molecular weight excluding hydrogens is 223 g/mol. The number of benzene rings is 1. The van der Waals surface area contributed by atoms with Crippen molar-refractivity contribution in [2.24, 2.45) is 0 Å². The molecule has 0 aliphatic rings. The van der Waals surface area contributed by atoms with E-state index in [0.29, 0.717) is 0 Å². The van der Waals surface area contributed by atoms with Crippen molar-refractivity contribution in [3.05, 3.63) is 24.3 Å². The molecule has 0 spiro atoms. The van der Waals surface area contributed by atoms with Gasteiger partial charge in [-0.25, -0.2) is 0 Å². The molecule has 0 radical (unpaired) electrons. The highest BCUT2D eigenvalue weighted by molar-refractivity contribution is 5.31. The second-order valence-electron chi connectivity index (χ2n) is 2.21. The van der Waals surface area contributed by atoms with Crippen molar-refractivity contribution in [1.29, 1.82) is 5.26 Å². The van der Waals surface area contributed by atoms with Crippen LogP contribution in [0.25, 0.3) is 0 Å². The van der Waals surface area contributed by atoms with Gasteiger partial charge < -0.3 is 9.47 Å². The number of alkyl halides is 3. The van der Waals surface area contributed by atoms with E-state index < -0.39 is 6.36 Å². The van der Waals surface area contributed by atoms with Crippen LogP contribution in [0.5, 0.6) is 11.5 Å². The summed E-state index contributed by atoms with van der Waals surface area (Å²) in [7, 11) is 0. The molecule has 0 aliphatic carbocycles. The fourth-order valence-electron chi connectivity index (χ4n) is 0.762. The molecule has 0 N–H and O–H groups in total. The van der Waals surface area contributed by atoms with Crippen LogP contribution < -0.4 is 9.47 Å². The van der Waals surface area contributed by atoms with E-state index >= 15 is 0 Å². The van der Waals surface area contributed by atoms with E-state index in [2.05, 4.69) is 9.47 Å². The Morgan fingerprint density at radius 2 is 1.50 bits per heavy atom. The van der Waals surface area contributed by atoms with Crippen LogP contribution in [0.4, 0.5) is 13.2 Å². The second kappa shape index (κ2) is 6.56. The highest BCUT2D eigenvalue weighted by Crippen LogP contribution is 2.24. The van der Waals surface area contributed by atoms with E-state index in [1.165, 1.54) is 18.4 Å². The third-order valence-corrected chi connectivity index (χ3v) is 1.22. The van der Waals surface area contributed by atoms with Gasteiger partial charge in [-0.05, 0) is 24.3 Å². The van der Waals surface area contributed by atoms with Gasteiger partial charge in [0.05, 0.1) is 0 Å². The van der Waals surface area contributed by atoms with Gasteiger partial charge in [0.25, 0.3) is 6.26 Å². The standard InChI is InChI=1S/C8H4F3NO2.C2H6/c9-8(10,11)14-7-3-1-6(2-4-7)13-5-12;1-2/h1-4H;1-2H3. The second-order valence-corrected chi connectivity index (χ2v) is 2.21. The maximum atomic E-state index is 11.7. The smallest absolute Gasteiger partial charge is 0.406 e. The summed E-state index contributed by atoms with van der Waals surface area (Å²) in [6.07, 6.45) is -3.32. The van der Waals surface area contributed by atoms with Crippen LogP contribution in [-0.2, 0) is 0 Å². The first-order chi connectivity index (χ1) is 7.51. The molecule has 0 saturated heterocycles. The molecule has 16 heavy (non-hydrogen) atoms. The molecule has 0 aliphatic heterocycles. The minimum absolute atomic E-state index is 0.155. The van der Waals surface area contributed by atoms with Crippen LogP contribution >= 0.6 is 0 Å². The van der Waals surface area contributed by atoms with Crippen molar-refractivity contribution in [2.45, 2.75) is 20.2 Å². The Hall–Kier alpha value is -1.90. The molecule has 3 nitrogen and oxygen atoms in total. The SMILES string of the molecule is CC.N#COc1ccc(OC(F)(F)F)cc1. The first-order valence-electron chi connectivity index (χ1n) is 4.43. The minimum Gasteiger partial charge on any atom is -0.406 e. The molecule has 1 aromatic rings. The van der Waals surface area contributed by atoms with Crippen LogP contribution in [0.2, 0.25) is 0 Å². The summed E-state index contributed by atoms with van der Waals surface area (Å²) in [6, 6.07) is 4.51. The molecule has 0 saturated carbocycles. The van der Waals surface area contributed by atoms with Crippen LogP contribution in [0.1, 0.15) is 13.8 Å². The van der Waals surface area contributed by atoms with Gasteiger partial charge in [0.1, 0.15) is 11.5 Å². The van der Waals surface area contributed by atoms with Gasteiger partial charge in [0, 0.05) is 0 Å². The van der Waals surface area contributed by atoms with Crippen molar-refractivity contribution < 1.29 is 22.6 Å². The van der Waals surface area contributed by atoms with Gasteiger partial charge in [0.2, 0.25) is 0 Å². The Morgan fingerprint density at radius 1 is 1.06 bits per heavy atom. The molecule has 0 atom stereocenters. The summed E-state index contributed by atoms with van der Waals surface area (Å²) in [5.41, 5.74) is 0. The van der Waals surface area contributed by atoms with Crippen molar-refractivity contribution >= 4 is 0 Å². The zero-order valence-corrected chi connectivity index (χ0v) is 8.71. The normalized spacial score (nSPS) is 9.50. The Morgan fingerprint density at radius 3 is 1.88 bits per heavy atom. The number of nitrogens with zero attached hydrogens (tertiary/aromatic N) is 1. The summed E-state index contributed by atoms with van der Waals surface area (Å²) >= 11 is 0. The van der Waals surface area contributed by atoms with Gasteiger partial charge in [0.15, 0.2) is 0 Å². The number of nitriles is 1. The average molecular weight is 233 g/mol. The van der Waals surface area contributed by atoms with E-state index in [-0.39, 0.29) is 11.5 Å². The molecule has 0 fully saturated rings. The van der Waals surface area contributed by atoms with Crippen LogP contribution in [0.3, 0.4) is 0 Å². The number of halogens is 3. The van der Waals surface area contributed by atoms with E-state index in [4.69, 9.17) is 5.26 Å². The first kappa shape index (κ1) is 14.1. The Kier molecular flexibility index (Phi) is 5.78. The number of ether oxygens (including phenoxy) is 2. The molecule has 0 unspecified atom stereocenters. The average Bonchev–Trinajstić information content (AvgIpc) is 2.22. The number of hydrogen-bond donors (Lipinski definition) is 0. The minimum atomic E-state index is -4.71. The lowest BCUT2D eigenvalue weighted by molar-refractivity contribution is -0.274. The largest absolute Gasteiger partial charge is 0.573 e. The molecule has 0 aromatic heterocycles. The van der Waals surface area contributed by atoms with E-state index in [9.17, 15) is 13.2 Å². The summed E-state index contributed by atoms with van der Waals surface area (Å²) in [5, 5.41) is 8.09. The van der Waals surface area contributed by atoms with Crippen molar-refractivity contribution in [3.8, 4) is 17.8 Å². The predicted octanol–water partition coefficient (Wildman–Crippen LogP) is 3.47. The molecule has 0 heterocycles. The molecule has 1 rings (SSSR count). The third kappa shape index (κ3) is 5.75. The molecule has 0 bridgehead atoms. The molecule has 6 heteroatoms. The van der Waals surface area contributed by atoms with Crippen molar-refractivity contribution in [1.82, 2.24) is 0 Å². The molecule has 1 aromatic carbocycles.